The Morgan fingerprint density at radius 1 is 1.47 bits per heavy atom. The van der Waals surface area contributed by atoms with Gasteiger partial charge >= 0.3 is 0 Å². The van der Waals surface area contributed by atoms with Crippen LogP contribution in [0.4, 0.5) is 5.82 Å². The Morgan fingerprint density at radius 3 is 3.27 bits per heavy atom. The van der Waals surface area contributed by atoms with Crippen molar-refractivity contribution in [2.24, 2.45) is 0 Å². The van der Waals surface area contributed by atoms with Crippen molar-refractivity contribution in [2.75, 3.05) is 23.9 Å². The molecule has 2 heterocycles. The van der Waals surface area contributed by atoms with E-state index in [1.54, 1.807) is 0 Å². The molecule has 0 radical (unpaired) electrons. The third-order valence-electron chi connectivity index (χ3n) is 1.90. The molecule has 0 atom stereocenters. The molecule has 0 aliphatic rings. The lowest BCUT2D eigenvalue weighted by atomic mass is 10.4. The van der Waals surface area contributed by atoms with E-state index in [1.165, 1.54) is 4.63 Å². The number of nitrogens with zero attached hydrogens (tertiary/aromatic N) is 5. The molecule has 0 saturated heterocycles. The summed E-state index contributed by atoms with van der Waals surface area (Å²) in [6, 6.07) is 3.72. The van der Waals surface area contributed by atoms with E-state index in [-0.39, 0.29) is 0 Å². The van der Waals surface area contributed by atoms with Crippen LogP contribution in [0.2, 0.25) is 0 Å². The minimum Gasteiger partial charge on any atom is -0.369 e. The van der Waals surface area contributed by atoms with Crippen LogP contribution in [-0.2, 0) is 0 Å². The van der Waals surface area contributed by atoms with Gasteiger partial charge in [-0.15, -0.1) is 14.8 Å². The smallest absolute Gasteiger partial charge is 0.200 e. The Labute approximate surface area is 91.4 Å². The Kier molecular flexibility index (Phi) is 3.33. The molecule has 0 amide bonds. The fourth-order valence-electron chi connectivity index (χ4n) is 1.18. The standard InChI is InChI=1S/C8H12N6S/c1-15-6-2-5-9-7-3-4-8-10-12-13-14(8)11-7/h3-4H,2,5-6H2,1H3,(H,9,11). The highest BCUT2D eigenvalue weighted by Gasteiger charge is 1.99. The minimum atomic E-state index is 0.657. The van der Waals surface area contributed by atoms with Crippen LogP contribution in [0.5, 0.6) is 0 Å². The molecule has 2 rings (SSSR count). The van der Waals surface area contributed by atoms with Crippen LogP contribution >= 0.6 is 11.8 Å². The van der Waals surface area contributed by atoms with E-state index in [2.05, 4.69) is 32.2 Å². The molecule has 0 saturated carbocycles. The SMILES string of the molecule is CSCCCNc1ccc2nnnn2n1. The molecule has 0 spiro atoms. The van der Waals surface area contributed by atoms with E-state index in [9.17, 15) is 0 Å². The van der Waals surface area contributed by atoms with Gasteiger partial charge in [0.2, 0.25) is 0 Å². The Morgan fingerprint density at radius 2 is 2.40 bits per heavy atom. The molecule has 0 aromatic carbocycles. The highest BCUT2D eigenvalue weighted by Crippen LogP contribution is 2.03. The summed E-state index contributed by atoms with van der Waals surface area (Å²) in [4.78, 5) is 0. The second-order valence-electron chi connectivity index (χ2n) is 3.02. The first-order chi connectivity index (χ1) is 7.40. The van der Waals surface area contributed by atoms with E-state index in [0.29, 0.717) is 5.65 Å². The second kappa shape index (κ2) is 4.92. The van der Waals surface area contributed by atoms with Crippen molar-refractivity contribution in [3.05, 3.63) is 12.1 Å². The number of rotatable bonds is 5. The molecule has 1 N–H and O–H groups in total. The highest BCUT2D eigenvalue weighted by molar-refractivity contribution is 7.98. The van der Waals surface area contributed by atoms with Crippen molar-refractivity contribution in [1.29, 1.82) is 0 Å². The summed E-state index contributed by atoms with van der Waals surface area (Å²) in [7, 11) is 0. The van der Waals surface area contributed by atoms with Crippen LogP contribution in [0.1, 0.15) is 6.42 Å². The van der Waals surface area contributed by atoms with E-state index in [1.807, 2.05) is 23.9 Å². The molecular formula is C8H12N6S. The minimum absolute atomic E-state index is 0.657. The van der Waals surface area contributed by atoms with Gasteiger partial charge in [-0.25, -0.2) is 0 Å². The number of nitrogens with one attached hydrogen (secondary N) is 1. The molecule has 0 fully saturated rings. The first-order valence-corrected chi connectivity index (χ1v) is 6.08. The fraction of sp³-hybridized carbons (Fsp3) is 0.500. The lowest BCUT2D eigenvalue weighted by Gasteiger charge is -2.03. The molecule has 0 aliphatic carbocycles. The lowest BCUT2D eigenvalue weighted by Crippen LogP contribution is -2.06. The Balaban J connectivity index is 1.96. The third-order valence-corrected chi connectivity index (χ3v) is 2.60. The molecule has 6 nitrogen and oxygen atoms in total. The topological polar surface area (TPSA) is 68.0 Å². The molecule has 2 aromatic heterocycles. The van der Waals surface area contributed by atoms with Crippen LogP contribution in [0, 0.1) is 0 Å². The number of fused-ring (bicyclic) bond motifs is 1. The third kappa shape index (κ3) is 2.56. The van der Waals surface area contributed by atoms with Crippen molar-refractivity contribution in [1.82, 2.24) is 25.3 Å². The zero-order valence-electron chi connectivity index (χ0n) is 8.42. The molecule has 0 aliphatic heterocycles. The van der Waals surface area contributed by atoms with Crippen molar-refractivity contribution in [3.8, 4) is 0 Å². The Hall–Kier alpha value is -1.37. The van der Waals surface area contributed by atoms with Gasteiger partial charge in [0.25, 0.3) is 0 Å². The van der Waals surface area contributed by atoms with E-state index in [0.717, 1.165) is 24.5 Å². The number of aromatic nitrogens is 5. The van der Waals surface area contributed by atoms with Crippen molar-refractivity contribution in [3.63, 3.8) is 0 Å². The highest BCUT2D eigenvalue weighted by atomic mass is 32.2. The van der Waals surface area contributed by atoms with Gasteiger partial charge in [-0.3, -0.25) is 0 Å². The van der Waals surface area contributed by atoms with Crippen molar-refractivity contribution in [2.45, 2.75) is 6.42 Å². The van der Waals surface area contributed by atoms with Gasteiger partial charge in [-0.05, 0) is 41.0 Å². The van der Waals surface area contributed by atoms with Crippen LogP contribution in [0.15, 0.2) is 12.1 Å². The molecule has 7 heteroatoms. The van der Waals surface area contributed by atoms with Crippen LogP contribution < -0.4 is 5.32 Å². The van der Waals surface area contributed by atoms with Crippen LogP contribution in [-0.4, -0.2) is 43.8 Å². The van der Waals surface area contributed by atoms with Gasteiger partial charge < -0.3 is 5.32 Å². The zero-order valence-corrected chi connectivity index (χ0v) is 9.24. The number of hydrogen-bond donors (Lipinski definition) is 1. The maximum atomic E-state index is 4.20. The predicted molar refractivity (Wildman–Crippen MR) is 60.1 cm³/mol. The van der Waals surface area contributed by atoms with Gasteiger partial charge in [0.1, 0.15) is 5.82 Å². The van der Waals surface area contributed by atoms with E-state index < -0.39 is 0 Å². The van der Waals surface area contributed by atoms with E-state index in [4.69, 9.17) is 0 Å². The first-order valence-electron chi connectivity index (χ1n) is 4.68. The summed E-state index contributed by atoms with van der Waals surface area (Å²) in [6.45, 7) is 0.918. The van der Waals surface area contributed by atoms with Crippen molar-refractivity contribution < 1.29 is 0 Å². The average Bonchev–Trinajstić information content (AvgIpc) is 2.71. The first kappa shape index (κ1) is 10.2. The average molecular weight is 224 g/mol. The van der Waals surface area contributed by atoms with Gasteiger partial charge in [0.05, 0.1) is 0 Å². The molecule has 15 heavy (non-hydrogen) atoms. The van der Waals surface area contributed by atoms with Crippen LogP contribution in [0.3, 0.4) is 0 Å². The number of anilines is 1. The van der Waals surface area contributed by atoms with E-state index >= 15 is 0 Å². The molecule has 0 unspecified atom stereocenters. The van der Waals surface area contributed by atoms with Gasteiger partial charge in [0.15, 0.2) is 5.65 Å². The summed E-state index contributed by atoms with van der Waals surface area (Å²) in [5.74, 6) is 1.95. The normalized spacial score (nSPS) is 10.7. The van der Waals surface area contributed by atoms with Gasteiger partial charge in [-0.1, -0.05) is 0 Å². The maximum absolute atomic E-state index is 4.20. The summed E-state index contributed by atoms with van der Waals surface area (Å²) in [5, 5.41) is 18.4. The predicted octanol–water partition coefficient (Wildman–Crippen LogP) is 0.684. The number of hydrogen-bond acceptors (Lipinski definition) is 6. The molecule has 2 aromatic rings. The summed E-state index contributed by atoms with van der Waals surface area (Å²) < 4.78 is 1.41. The number of thioether (sulfide) groups is 1. The summed E-state index contributed by atoms with van der Waals surface area (Å²) >= 11 is 1.84. The van der Waals surface area contributed by atoms with Crippen LogP contribution in [0.25, 0.3) is 5.65 Å². The second-order valence-corrected chi connectivity index (χ2v) is 4.00. The largest absolute Gasteiger partial charge is 0.369 e. The zero-order chi connectivity index (χ0) is 10.5. The quantitative estimate of drug-likeness (QED) is 0.753. The molecular weight excluding hydrogens is 212 g/mol. The maximum Gasteiger partial charge on any atom is 0.200 e. The summed E-state index contributed by atoms with van der Waals surface area (Å²) in [5.41, 5.74) is 0.657. The summed E-state index contributed by atoms with van der Waals surface area (Å²) in [6.07, 6.45) is 3.22. The molecule has 80 valence electrons. The molecule has 0 bridgehead atoms. The fourth-order valence-corrected chi connectivity index (χ4v) is 1.61. The number of tetrazole rings is 1. The van der Waals surface area contributed by atoms with Crippen molar-refractivity contribution >= 4 is 23.2 Å². The lowest BCUT2D eigenvalue weighted by molar-refractivity contribution is 0.733. The van der Waals surface area contributed by atoms with Gasteiger partial charge in [0, 0.05) is 6.54 Å². The Bertz CT molecular complexity index is 428. The van der Waals surface area contributed by atoms with Gasteiger partial charge in [-0.2, -0.15) is 11.8 Å². The monoisotopic (exact) mass is 224 g/mol.